The Kier molecular flexibility index (Phi) is 22.7. The van der Waals surface area contributed by atoms with Crippen LogP contribution >= 0.6 is 0 Å². The van der Waals surface area contributed by atoms with E-state index in [-0.39, 0.29) is 42.4 Å². The third-order valence-corrected chi connectivity index (χ3v) is 4.97. The number of hydrogen-bond acceptors (Lipinski definition) is 11. The summed E-state index contributed by atoms with van der Waals surface area (Å²) in [5.41, 5.74) is 0. The third-order valence-electron chi connectivity index (χ3n) is 4.97. The van der Waals surface area contributed by atoms with E-state index in [2.05, 4.69) is 10.6 Å². The molecule has 0 radical (unpaired) electrons. The van der Waals surface area contributed by atoms with Gasteiger partial charge in [-0.05, 0) is 45.1 Å². The summed E-state index contributed by atoms with van der Waals surface area (Å²) in [5.74, 6) is -0.620. The molecule has 0 aromatic carbocycles. The molecule has 0 fully saturated rings. The molecule has 208 valence electrons. The van der Waals surface area contributed by atoms with Crippen molar-refractivity contribution in [2.45, 2.75) is 77.0 Å². The van der Waals surface area contributed by atoms with Crippen molar-refractivity contribution >= 4 is 11.8 Å². The summed E-state index contributed by atoms with van der Waals surface area (Å²) < 4.78 is 0. The largest absolute Gasteiger partial charge is 0.377 e. The zero-order chi connectivity index (χ0) is 25.9. The number of hydroxylamine groups is 6. The van der Waals surface area contributed by atoms with E-state index >= 15 is 0 Å². The van der Waals surface area contributed by atoms with Crippen molar-refractivity contribution in [3.63, 3.8) is 0 Å². The molecule has 35 heavy (non-hydrogen) atoms. The van der Waals surface area contributed by atoms with E-state index in [4.69, 9.17) is 10.3 Å². The fraction of sp³-hybridized carbons (Fsp3) is 0.810. The molecular weight excluding hydrogens is 506 g/mol. The molecule has 0 aliphatic rings. The number of carbonyl (C=O) groups is 2. The number of rotatable bonds is 20. The molecule has 0 aromatic heterocycles. The SMILES string of the molecule is CC(O)N(O)CCCCCNC(=O)/C=C/C(O)N(O)CCCCCNC(=O)CCC(O)N(C)O.[Fe]. The molecule has 14 heteroatoms. The average Bonchev–Trinajstić information content (AvgIpc) is 2.79. The Morgan fingerprint density at radius 3 is 1.94 bits per heavy atom. The van der Waals surface area contributed by atoms with E-state index < -0.39 is 24.6 Å². The van der Waals surface area contributed by atoms with Gasteiger partial charge in [0.15, 0.2) is 0 Å². The third kappa shape index (κ3) is 20.7. The molecule has 0 saturated carbocycles. The van der Waals surface area contributed by atoms with E-state index in [1.807, 2.05) is 0 Å². The number of aliphatic hydroxyl groups is 3. The van der Waals surface area contributed by atoms with Gasteiger partial charge in [0.25, 0.3) is 0 Å². The molecule has 0 spiro atoms. The molecule has 0 saturated heterocycles. The maximum absolute atomic E-state index is 11.8. The van der Waals surface area contributed by atoms with Crippen molar-refractivity contribution in [3.05, 3.63) is 12.2 Å². The molecule has 13 nitrogen and oxygen atoms in total. The second-order valence-corrected chi connectivity index (χ2v) is 8.09. The van der Waals surface area contributed by atoms with Crippen LogP contribution in [0, 0.1) is 0 Å². The summed E-state index contributed by atoms with van der Waals surface area (Å²) in [7, 11) is 1.30. The van der Waals surface area contributed by atoms with Crippen LogP contribution in [0.2, 0.25) is 0 Å². The first-order chi connectivity index (χ1) is 16.0. The summed E-state index contributed by atoms with van der Waals surface area (Å²) in [4.78, 5) is 23.4. The molecule has 2 amide bonds. The van der Waals surface area contributed by atoms with Crippen LogP contribution in [0.3, 0.4) is 0 Å². The number of amides is 2. The zero-order valence-corrected chi connectivity index (χ0v) is 21.7. The van der Waals surface area contributed by atoms with Gasteiger partial charge in [0.2, 0.25) is 11.8 Å². The minimum atomic E-state index is -1.32. The van der Waals surface area contributed by atoms with E-state index in [1.165, 1.54) is 20.0 Å². The van der Waals surface area contributed by atoms with Gasteiger partial charge in [-0.15, -0.1) is 0 Å². The number of nitrogens with one attached hydrogen (secondary N) is 2. The van der Waals surface area contributed by atoms with Crippen LogP contribution in [0.25, 0.3) is 0 Å². The van der Waals surface area contributed by atoms with Gasteiger partial charge in [0.05, 0.1) is 0 Å². The van der Waals surface area contributed by atoms with Crippen molar-refractivity contribution in [2.75, 3.05) is 33.2 Å². The molecule has 3 atom stereocenters. The predicted octanol–water partition coefficient (Wildman–Crippen LogP) is -0.428. The number of aliphatic hydroxyl groups excluding tert-OH is 3. The average molecular weight is 549 g/mol. The van der Waals surface area contributed by atoms with Gasteiger partial charge in [-0.1, -0.05) is 12.8 Å². The summed E-state index contributed by atoms with van der Waals surface area (Å²) in [5, 5.41) is 64.1. The van der Waals surface area contributed by atoms with Gasteiger partial charge in [-0.3, -0.25) is 9.59 Å². The second-order valence-electron chi connectivity index (χ2n) is 8.09. The first-order valence-electron chi connectivity index (χ1n) is 11.6. The fourth-order valence-electron chi connectivity index (χ4n) is 2.78. The Morgan fingerprint density at radius 2 is 1.40 bits per heavy atom. The molecule has 0 aromatic rings. The quantitative estimate of drug-likeness (QED) is 0.0324. The Labute approximate surface area is 217 Å². The Morgan fingerprint density at radius 1 is 0.857 bits per heavy atom. The summed E-state index contributed by atoms with van der Waals surface area (Å²) >= 11 is 0. The first-order valence-corrected chi connectivity index (χ1v) is 11.6. The standard InChI is InChI=1S/C21H43N5O8.Fe/c1-17(27)25(33)15-7-3-5-13-23-19(29)10-12-21(31)26(34)16-8-4-6-14-22-18(28)9-11-20(30)24(2)32;/h10,12,17,20-21,27,30-34H,3-9,11,13-16H2,1-2H3,(H,22,28)(H,23,29);/b12-10+;. The van der Waals surface area contributed by atoms with E-state index in [9.17, 15) is 30.2 Å². The maximum atomic E-state index is 11.8. The smallest absolute Gasteiger partial charge is 0.243 e. The minimum absolute atomic E-state index is 0. The summed E-state index contributed by atoms with van der Waals surface area (Å²) in [6.45, 7) is 2.86. The monoisotopic (exact) mass is 549 g/mol. The van der Waals surface area contributed by atoms with Crippen LogP contribution < -0.4 is 10.6 Å². The van der Waals surface area contributed by atoms with Crippen LogP contribution in [-0.4, -0.2) is 110 Å². The Hall–Kier alpha value is -1.16. The van der Waals surface area contributed by atoms with Crippen molar-refractivity contribution in [3.8, 4) is 0 Å². The summed E-state index contributed by atoms with van der Waals surface area (Å²) in [6.07, 6.45) is 3.29. The topological polar surface area (TPSA) is 189 Å². The molecule has 8 N–H and O–H groups in total. The first kappa shape index (κ1) is 36.0. The van der Waals surface area contributed by atoms with E-state index in [0.29, 0.717) is 56.8 Å². The van der Waals surface area contributed by atoms with Crippen LogP contribution in [0.4, 0.5) is 0 Å². The van der Waals surface area contributed by atoms with Crippen LogP contribution in [-0.2, 0) is 26.7 Å². The molecular formula is C21H43FeN5O8. The molecule has 3 unspecified atom stereocenters. The number of unbranched alkanes of at least 4 members (excludes halogenated alkanes) is 4. The van der Waals surface area contributed by atoms with Crippen LogP contribution in [0.1, 0.15) is 58.3 Å². The van der Waals surface area contributed by atoms with Gasteiger partial charge < -0.3 is 41.6 Å². The number of hydrogen-bond donors (Lipinski definition) is 8. The van der Waals surface area contributed by atoms with Crippen LogP contribution in [0.5, 0.6) is 0 Å². The summed E-state index contributed by atoms with van der Waals surface area (Å²) in [6, 6.07) is 0. The normalized spacial score (nSPS) is 14.3. The Balaban J connectivity index is 0. The number of nitrogens with zero attached hydrogens (tertiary/aromatic N) is 3. The van der Waals surface area contributed by atoms with Crippen molar-refractivity contribution in [1.29, 1.82) is 0 Å². The van der Waals surface area contributed by atoms with Crippen LogP contribution in [0.15, 0.2) is 12.2 Å². The van der Waals surface area contributed by atoms with Gasteiger partial charge in [0.1, 0.15) is 18.7 Å². The maximum Gasteiger partial charge on any atom is 0.243 e. The molecule has 0 aliphatic heterocycles. The fourth-order valence-corrected chi connectivity index (χ4v) is 2.78. The minimum Gasteiger partial charge on any atom is -0.377 e. The van der Waals surface area contributed by atoms with E-state index in [1.54, 1.807) is 0 Å². The van der Waals surface area contributed by atoms with Gasteiger partial charge in [-0.25, -0.2) is 0 Å². The van der Waals surface area contributed by atoms with Gasteiger partial charge >= 0.3 is 0 Å². The van der Waals surface area contributed by atoms with E-state index in [0.717, 1.165) is 22.6 Å². The van der Waals surface area contributed by atoms with Crippen molar-refractivity contribution in [1.82, 2.24) is 25.8 Å². The Bertz CT molecular complexity index is 586. The zero-order valence-electron chi connectivity index (χ0n) is 20.6. The molecule has 0 bridgehead atoms. The van der Waals surface area contributed by atoms with Crippen molar-refractivity contribution < 1.29 is 57.6 Å². The van der Waals surface area contributed by atoms with Gasteiger partial charge in [0, 0.05) is 62.8 Å². The predicted molar refractivity (Wildman–Crippen MR) is 122 cm³/mol. The molecule has 0 heterocycles. The molecule has 0 aliphatic carbocycles. The molecule has 0 rings (SSSR count). The second kappa shape index (κ2) is 22.1. The number of carbonyl (C=O) groups excluding carboxylic acids is 2. The van der Waals surface area contributed by atoms with Crippen molar-refractivity contribution in [2.24, 2.45) is 0 Å². The van der Waals surface area contributed by atoms with Gasteiger partial charge in [-0.2, -0.15) is 15.2 Å².